The lowest BCUT2D eigenvalue weighted by molar-refractivity contribution is -0.173. The molecule has 2 aliphatic heterocycles. The van der Waals surface area contributed by atoms with Gasteiger partial charge in [0.25, 0.3) is 0 Å². The molecule has 0 aromatic carbocycles. The van der Waals surface area contributed by atoms with E-state index in [2.05, 4.69) is 25.6 Å². The quantitative estimate of drug-likeness (QED) is 0.822. The number of nitrogens with zero attached hydrogens (tertiary/aromatic N) is 4. The first kappa shape index (κ1) is 19.0. The van der Waals surface area contributed by atoms with Crippen LogP contribution in [-0.4, -0.2) is 45.5 Å². The fourth-order valence-electron chi connectivity index (χ4n) is 4.30. The molecule has 0 spiro atoms. The second kappa shape index (κ2) is 7.27. The van der Waals surface area contributed by atoms with E-state index < -0.39 is 12.2 Å². The Hall–Kier alpha value is -2.29. The Morgan fingerprint density at radius 2 is 2.18 bits per heavy atom. The highest BCUT2D eigenvalue weighted by atomic mass is 19.4. The fourth-order valence-corrected chi connectivity index (χ4v) is 4.30. The minimum Gasteiger partial charge on any atom is -0.373 e. The average molecular weight is 394 g/mol. The van der Waals surface area contributed by atoms with Crippen LogP contribution >= 0.6 is 0 Å². The van der Waals surface area contributed by atoms with E-state index >= 15 is 0 Å². The molecule has 0 amide bonds. The highest BCUT2D eigenvalue weighted by molar-refractivity contribution is 5.44. The van der Waals surface area contributed by atoms with Gasteiger partial charge in [-0.1, -0.05) is 6.07 Å². The molecule has 28 heavy (non-hydrogen) atoms. The van der Waals surface area contributed by atoms with Gasteiger partial charge in [-0.05, 0) is 38.8 Å². The summed E-state index contributed by atoms with van der Waals surface area (Å²) in [4.78, 5) is 6.62. The van der Waals surface area contributed by atoms with Gasteiger partial charge in [0.2, 0.25) is 0 Å². The number of alkyl halides is 3. The molecule has 4 rings (SSSR count). The highest BCUT2D eigenvalue weighted by Crippen LogP contribution is 2.41. The molecule has 0 aliphatic carbocycles. The number of likely N-dealkylation sites (tertiary alicyclic amines) is 1. The normalized spacial score (nSPS) is 25.4. The molecule has 2 aromatic rings. The van der Waals surface area contributed by atoms with Crippen molar-refractivity contribution < 1.29 is 13.2 Å². The minimum absolute atomic E-state index is 0.00673. The molecular weight excluding hydrogens is 369 g/mol. The Morgan fingerprint density at radius 1 is 1.36 bits per heavy atom. The van der Waals surface area contributed by atoms with E-state index in [-0.39, 0.29) is 18.5 Å². The third-order valence-electron chi connectivity index (χ3n) is 5.61. The lowest BCUT2D eigenvalue weighted by atomic mass is 10.1. The van der Waals surface area contributed by atoms with E-state index in [1.54, 1.807) is 19.2 Å². The summed E-state index contributed by atoms with van der Waals surface area (Å²) in [5.74, 6) is 1.28. The van der Waals surface area contributed by atoms with Crippen LogP contribution in [0.4, 0.5) is 24.8 Å². The van der Waals surface area contributed by atoms with E-state index in [0.29, 0.717) is 18.1 Å². The van der Waals surface area contributed by atoms with Crippen molar-refractivity contribution in [1.29, 1.82) is 0 Å². The molecule has 4 heterocycles. The molecule has 2 N–H and O–H groups in total. The van der Waals surface area contributed by atoms with Crippen LogP contribution in [0.5, 0.6) is 0 Å². The molecular formula is C19H25F3N6. The van der Waals surface area contributed by atoms with Crippen molar-refractivity contribution in [3.05, 3.63) is 35.7 Å². The van der Waals surface area contributed by atoms with Crippen LogP contribution < -0.4 is 10.6 Å². The number of fused-ring (bicyclic) bond motifs is 1. The molecule has 1 unspecified atom stereocenters. The smallest absolute Gasteiger partial charge is 0.373 e. The number of anilines is 2. The summed E-state index contributed by atoms with van der Waals surface area (Å²) < 4.78 is 41.7. The maximum atomic E-state index is 13.5. The number of pyridine rings is 1. The van der Waals surface area contributed by atoms with Crippen LogP contribution in [0.1, 0.15) is 49.5 Å². The van der Waals surface area contributed by atoms with E-state index in [1.807, 2.05) is 19.2 Å². The maximum absolute atomic E-state index is 13.5. The first-order chi connectivity index (χ1) is 13.4. The van der Waals surface area contributed by atoms with Crippen molar-refractivity contribution in [2.24, 2.45) is 0 Å². The van der Waals surface area contributed by atoms with Crippen LogP contribution in [0.15, 0.2) is 24.4 Å². The number of hydrogen-bond donors (Lipinski definition) is 2. The number of aromatic nitrogens is 3. The molecule has 1 saturated heterocycles. The lowest BCUT2D eigenvalue weighted by Gasteiger charge is -2.31. The maximum Gasteiger partial charge on any atom is 0.410 e. The average Bonchev–Trinajstić information content (AvgIpc) is 3.26. The monoisotopic (exact) mass is 394 g/mol. The van der Waals surface area contributed by atoms with Gasteiger partial charge in [-0.2, -0.15) is 18.3 Å². The highest BCUT2D eigenvalue weighted by Gasteiger charge is 2.46. The SMILES string of the molecule is CNc1ncccc1CN1CCCC1c1cc2n(n1)[C@@H](C(F)(F)F)C[C@@H](C)N2. The Labute approximate surface area is 162 Å². The second-order valence-corrected chi connectivity index (χ2v) is 7.63. The van der Waals surface area contributed by atoms with Gasteiger partial charge >= 0.3 is 6.18 Å². The Morgan fingerprint density at radius 3 is 2.93 bits per heavy atom. The third kappa shape index (κ3) is 3.55. The predicted molar refractivity (Wildman–Crippen MR) is 101 cm³/mol. The molecule has 0 radical (unpaired) electrons. The van der Waals surface area contributed by atoms with Crippen molar-refractivity contribution >= 4 is 11.6 Å². The largest absolute Gasteiger partial charge is 0.410 e. The summed E-state index contributed by atoms with van der Waals surface area (Å²) in [7, 11) is 1.83. The topological polar surface area (TPSA) is 58.0 Å². The Kier molecular flexibility index (Phi) is 4.95. The van der Waals surface area contributed by atoms with Crippen molar-refractivity contribution in [1.82, 2.24) is 19.7 Å². The number of nitrogens with one attached hydrogen (secondary N) is 2. The summed E-state index contributed by atoms with van der Waals surface area (Å²) in [6, 6.07) is 3.91. The zero-order valence-electron chi connectivity index (χ0n) is 16.0. The van der Waals surface area contributed by atoms with Crippen LogP contribution in [0, 0.1) is 0 Å². The fraction of sp³-hybridized carbons (Fsp3) is 0.579. The molecule has 1 fully saturated rings. The van der Waals surface area contributed by atoms with E-state index in [0.717, 1.165) is 35.4 Å². The minimum atomic E-state index is -4.30. The van der Waals surface area contributed by atoms with E-state index in [4.69, 9.17) is 0 Å². The lowest BCUT2D eigenvalue weighted by Crippen LogP contribution is -2.37. The summed E-state index contributed by atoms with van der Waals surface area (Å²) in [5, 5.41) is 10.7. The van der Waals surface area contributed by atoms with Crippen molar-refractivity contribution in [3.63, 3.8) is 0 Å². The summed E-state index contributed by atoms with van der Waals surface area (Å²) in [6.45, 7) is 3.35. The summed E-state index contributed by atoms with van der Waals surface area (Å²) >= 11 is 0. The van der Waals surface area contributed by atoms with Crippen molar-refractivity contribution in [2.45, 2.75) is 57.0 Å². The Bertz CT molecular complexity index is 833. The van der Waals surface area contributed by atoms with Gasteiger partial charge in [0.15, 0.2) is 6.04 Å². The van der Waals surface area contributed by atoms with Crippen molar-refractivity contribution in [2.75, 3.05) is 24.2 Å². The number of rotatable bonds is 4. The molecule has 2 aromatic heterocycles. The van der Waals surface area contributed by atoms with Crippen LogP contribution in [0.25, 0.3) is 0 Å². The first-order valence-electron chi connectivity index (χ1n) is 9.65. The molecule has 0 saturated carbocycles. The zero-order chi connectivity index (χ0) is 19.9. The summed E-state index contributed by atoms with van der Waals surface area (Å²) in [6.07, 6.45) is -0.689. The van der Waals surface area contributed by atoms with Crippen LogP contribution in [0.3, 0.4) is 0 Å². The zero-order valence-corrected chi connectivity index (χ0v) is 16.0. The second-order valence-electron chi connectivity index (χ2n) is 7.63. The predicted octanol–water partition coefficient (Wildman–Crippen LogP) is 3.96. The molecule has 0 bridgehead atoms. The molecule has 2 aliphatic rings. The van der Waals surface area contributed by atoms with Gasteiger partial charge in [0.1, 0.15) is 11.6 Å². The molecule has 9 heteroatoms. The van der Waals surface area contributed by atoms with Gasteiger partial charge in [-0.25, -0.2) is 9.67 Å². The van der Waals surface area contributed by atoms with Gasteiger partial charge in [-0.3, -0.25) is 4.90 Å². The molecule has 3 atom stereocenters. The van der Waals surface area contributed by atoms with Gasteiger partial charge in [0, 0.05) is 37.5 Å². The number of halogens is 3. The van der Waals surface area contributed by atoms with Crippen LogP contribution in [-0.2, 0) is 6.54 Å². The standard InChI is InChI=1S/C19H25F3N6/c1-12-9-16(19(20,21)22)28-17(25-12)10-14(26-28)15-6-4-8-27(15)11-13-5-3-7-24-18(13)23-2/h3,5,7,10,12,15-16,25H,4,6,8-9,11H2,1-2H3,(H,23,24)/t12-,15?,16-/m1/s1. The number of hydrogen-bond acceptors (Lipinski definition) is 5. The van der Waals surface area contributed by atoms with Gasteiger partial charge in [0.05, 0.1) is 11.7 Å². The Balaban J connectivity index is 1.60. The first-order valence-corrected chi connectivity index (χ1v) is 9.65. The van der Waals surface area contributed by atoms with Gasteiger partial charge in [-0.15, -0.1) is 0 Å². The van der Waals surface area contributed by atoms with Crippen LogP contribution in [0.2, 0.25) is 0 Å². The van der Waals surface area contributed by atoms with E-state index in [1.165, 1.54) is 0 Å². The molecule has 6 nitrogen and oxygen atoms in total. The molecule has 152 valence electrons. The third-order valence-corrected chi connectivity index (χ3v) is 5.61. The van der Waals surface area contributed by atoms with E-state index in [9.17, 15) is 13.2 Å². The van der Waals surface area contributed by atoms with Crippen molar-refractivity contribution in [3.8, 4) is 0 Å². The summed E-state index contributed by atoms with van der Waals surface area (Å²) in [5.41, 5.74) is 1.78. The van der Waals surface area contributed by atoms with Gasteiger partial charge < -0.3 is 10.6 Å².